The Balaban J connectivity index is 1.79. The molecule has 5 heteroatoms. The third-order valence-corrected chi connectivity index (χ3v) is 4.77. The highest BCUT2D eigenvalue weighted by molar-refractivity contribution is 6.22. The molecule has 0 N–H and O–H groups in total. The van der Waals surface area contributed by atoms with Crippen molar-refractivity contribution in [2.24, 2.45) is 11.8 Å². The number of carbonyl (C=O) groups excluding carboxylic acids is 2. The van der Waals surface area contributed by atoms with Gasteiger partial charge in [-0.15, -0.1) is 0 Å². The van der Waals surface area contributed by atoms with Gasteiger partial charge in [0.1, 0.15) is 11.5 Å². The van der Waals surface area contributed by atoms with Crippen LogP contribution in [0.2, 0.25) is 0 Å². The molecule has 136 valence electrons. The molecule has 26 heavy (non-hydrogen) atoms. The van der Waals surface area contributed by atoms with Crippen LogP contribution in [0.1, 0.15) is 19.4 Å². The van der Waals surface area contributed by atoms with Crippen LogP contribution in [-0.2, 0) is 16.0 Å². The average molecular weight is 353 g/mol. The first-order chi connectivity index (χ1) is 12.5. The number of methoxy groups -OCH3 is 1. The molecule has 1 aliphatic rings. The van der Waals surface area contributed by atoms with Crippen molar-refractivity contribution in [3.05, 3.63) is 54.1 Å². The summed E-state index contributed by atoms with van der Waals surface area (Å²) in [6, 6.07) is 14.7. The van der Waals surface area contributed by atoms with Gasteiger partial charge in [-0.3, -0.25) is 14.5 Å². The SMILES string of the molecule is CCOc1ccc(N2C(=O)[C@@H](C)[C@H](Cc3ccc(OC)cc3)C2=O)cc1. The average Bonchev–Trinajstić information content (AvgIpc) is 2.87. The van der Waals surface area contributed by atoms with Crippen LogP contribution >= 0.6 is 0 Å². The van der Waals surface area contributed by atoms with Gasteiger partial charge in [0.2, 0.25) is 11.8 Å². The van der Waals surface area contributed by atoms with Crippen LogP contribution in [-0.4, -0.2) is 25.5 Å². The van der Waals surface area contributed by atoms with Crippen molar-refractivity contribution in [2.45, 2.75) is 20.3 Å². The van der Waals surface area contributed by atoms with Crippen molar-refractivity contribution in [1.82, 2.24) is 0 Å². The summed E-state index contributed by atoms with van der Waals surface area (Å²) >= 11 is 0. The number of ether oxygens (including phenoxy) is 2. The molecule has 0 unspecified atom stereocenters. The second-order valence-electron chi connectivity index (χ2n) is 6.39. The lowest BCUT2D eigenvalue weighted by Crippen LogP contribution is -2.31. The summed E-state index contributed by atoms with van der Waals surface area (Å²) in [6.45, 7) is 4.30. The van der Waals surface area contributed by atoms with E-state index >= 15 is 0 Å². The van der Waals surface area contributed by atoms with Gasteiger partial charge in [0, 0.05) is 5.92 Å². The van der Waals surface area contributed by atoms with E-state index in [2.05, 4.69) is 0 Å². The number of hydrogen-bond acceptors (Lipinski definition) is 4. The Morgan fingerprint density at radius 3 is 2.12 bits per heavy atom. The number of amides is 2. The van der Waals surface area contributed by atoms with E-state index in [0.29, 0.717) is 18.7 Å². The second kappa shape index (κ2) is 7.60. The molecule has 0 saturated carbocycles. The van der Waals surface area contributed by atoms with E-state index in [1.165, 1.54) is 4.90 Å². The zero-order valence-corrected chi connectivity index (χ0v) is 15.3. The maximum absolute atomic E-state index is 12.9. The van der Waals surface area contributed by atoms with Gasteiger partial charge in [-0.1, -0.05) is 19.1 Å². The molecule has 0 spiro atoms. The standard InChI is InChI=1S/C21H23NO4/c1-4-26-18-11-7-16(8-12-18)22-20(23)14(2)19(21(22)24)13-15-5-9-17(25-3)10-6-15/h5-12,14,19H,4,13H2,1-3H3/t14-,19-/m0/s1. The molecule has 0 aliphatic carbocycles. The highest BCUT2D eigenvalue weighted by atomic mass is 16.5. The molecule has 0 radical (unpaired) electrons. The number of benzene rings is 2. The van der Waals surface area contributed by atoms with Crippen LogP contribution in [0.25, 0.3) is 0 Å². The van der Waals surface area contributed by atoms with Crippen LogP contribution in [0.3, 0.4) is 0 Å². The fourth-order valence-electron chi connectivity index (χ4n) is 3.26. The molecule has 1 saturated heterocycles. The first-order valence-corrected chi connectivity index (χ1v) is 8.78. The number of hydrogen-bond donors (Lipinski definition) is 0. The maximum Gasteiger partial charge on any atom is 0.238 e. The molecule has 5 nitrogen and oxygen atoms in total. The third kappa shape index (κ3) is 3.43. The normalized spacial score (nSPS) is 19.7. The number of anilines is 1. The minimum Gasteiger partial charge on any atom is -0.497 e. The highest BCUT2D eigenvalue weighted by Crippen LogP contribution is 2.33. The largest absolute Gasteiger partial charge is 0.497 e. The van der Waals surface area contributed by atoms with E-state index in [1.54, 1.807) is 31.4 Å². The summed E-state index contributed by atoms with van der Waals surface area (Å²) in [7, 11) is 1.62. The monoisotopic (exact) mass is 353 g/mol. The minimum absolute atomic E-state index is 0.150. The second-order valence-corrected chi connectivity index (χ2v) is 6.39. The van der Waals surface area contributed by atoms with Gasteiger partial charge < -0.3 is 9.47 Å². The summed E-state index contributed by atoms with van der Waals surface area (Å²) < 4.78 is 10.6. The first-order valence-electron chi connectivity index (χ1n) is 8.78. The van der Waals surface area contributed by atoms with Crippen LogP contribution in [0.5, 0.6) is 11.5 Å². The van der Waals surface area contributed by atoms with Crippen molar-refractivity contribution in [1.29, 1.82) is 0 Å². The van der Waals surface area contributed by atoms with E-state index in [1.807, 2.05) is 38.1 Å². The Kier molecular flexibility index (Phi) is 5.26. The van der Waals surface area contributed by atoms with E-state index < -0.39 is 0 Å². The summed E-state index contributed by atoms with van der Waals surface area (Å²) in [5.41, 5.74) is 1.60. The van der Waals surface area contributed by atoms with Crippen molar-refractivity contribution in [3.8, 4) is 11.5 Å². The van der Waals surface area contributed by atoms with Crippen molar-refractivity contribution in [2.75, 3.05) is 18.6 Å². The van der Waals surface area contributed by atoms with E-state index in [4.69, 9.17) is 9.47 Å². The number of imide groups is 1. The Hall–Kier alpha value is -2.82. The topological polar surface area (TPSA) is 55.8 Å². The van der Waals surface area contributed by atoms with Crippen LogP contribution in [0.4, 0.5) is 5.69 Å². The van der Waals surface area contributed by atoms with Gasteiger partial charge in [-0.05, 0) is 55.3 Å². The Labute approximate surface area is 153 Å². The summed E-state index contributed by atoms with van der Waals surface area (Å²) in [4.78, 5) is 26.9. The molecule has 1 heterocycles. The van der Waals surface area contributed by atoms with Crippen LogP contribution in [0, 0.1) is 11.8 Å². The summed E-state index contributed by atoms with van der Waals surface area (Å²) in [5, 5.41) is 0. The third-order valence-electron chi connectivity index (χ3n) is 4.77. The molecule has 2 amide bonds. The fraction of sp³-hybridized carbons (Fsp3) is 0.333. The first kappa shape index (κ1) is 18.0. The van der Waals surface area contributed by atoms with Gasteiger partial charge in [-0.25, -0.2) is 0 Å². The quantitative estimate of drug-likeness (QED) is 0.746. The maximum atomic E-state index is 12.9. The zero-order chi connectivity index (χ0) is 18.7. The molecule has 0 bridgehead atoms. The predicted molar refractivity (Wildman–Crippen MR) is 99.5 cm³/mol. The number of rotatable bonds is 6. The van der Waals surface area contributed by atoms with Gasteiger partial charge in [0.05, 0.1) is 25.3 Å². The van der Waals surface area contributed by atoms with Gasteiger partial charge >= 0.3 is 0 Å². The fourth-order valence-corrected chi connectivity index (χ4v) is 3.26. The molecular weight excluding hydrogens is 330 g/mol. The smallest absolute Gasteiger partial charge is 0.238 e. The Morgan fingerprint density at radius 2 is 1.54 bits per heavy atom. The van der Waals surface area contributed by atoms with Gasteiger partial charge in [0.15, 0.2) is 0 Å². The lowest BCUT2D eigenvalue weighted by molar-refractivity contribution is -0.122. The molecule has 1 aliphatic heterocycles. The predicted octanol–water partition coefficient (Wildman–Crippen LogP) is 3.46. The highest BCUT2D eigenvalue weighted by Gasteiger charge is 2.45. The number of nitrogens with zero attached hydrogens (tertiary/aromatic N) is 1. The molecule has 0 aromatic heterocycles. The lowest BCUT2D eigenvalue weighted by atomic mass is 9.90. The van der Waals surface area contributed by atoms with Gasteiger partial charge in [0.25, 0.3) is 0 Å². The van der Waals surface area contributed by atoms with E-state index in [-0.39, 0.29) is 23.7 Å². The summed E-state index contributed by atoms with van der Waals surface area (Å²) in [6.07, 6.45) is 0.531. The molecule has 2 aromatic carbocycles. The molecule has 2 aromatic rings. The summed E-state index contributed by atoms with van der Waals surface area (Å²) in [5.74, 6) is 0.476. The molecule has 1 fully saturated rings. The van der Waals surface area contributed by atoms with E-state index in [9.17, 15) is 9.59 Å². The lowest BCUT2D eigenvalue weighted by Gasteiger charge is -2.15. The van der Waals surface area contributed by atoms with Crippen molar-refractivity contribution >= 4 is 17.5 Å². The molecule has 2 atom stereocenters. The Bertz CT molecular complexity index is 783. The zero-order valence-electron chi connectivity index (χ0n) is 15.3. The number of carbonyl (C=O) groups is 2. The molecular formula is C21H23NO4. The van der Waals surface area contributed by atoms with Crippen molar-refractivity contribution in [3.63, 3.8) is 0 Å². The van der Waals surface area contributed by atoms with Crippen LogP contribution in [0.15, 0.2) is 48.5 Å². The van der Waals surface area contributed by atoms with E-state index in [0.717, 1.165) is 17.1 Å². The van der Waals surface area contributed by atoms with Crippen LogP contribution < -0.4 is 14.4 Å². The van der Waals surface area contributed by atoms with Crippen molar-refractivity contribution < 1.29 is 19.1 Å². The van der Waals surface area contributed by atoms with Gasteiger partial charge in [-0.2, -0.15) is 0 Å². The molecule has 3 rings (SSSR count). The Morgan fingerprint density at radius 1 is 0.923 bits per heavy atom. The minimum atomic E-state index is -0.359.